The lowest BCUT2D eigenvalue weighted by Gasteiger charge is -2.23. The number of carboxylic acid groups (broad SMARTS) is 1. The van der Waals surface area contributed by atoms with Crippen LogP contribution in [0.3, 0.4) is 0 Å². The van der Waals surface area contributed by atoms with Gasteiger partial charge < -0.3 is 20.3 Å². The van der Waals surface area contributed by atoms with E-state index in [1.165, 1.54) is 11.2 Å². The van der Waals surface area contributed by atoms with E-state index in [0.29, 0.717) is 25.3 Å². The molecule has 34 heavy (non-hydrogen) atoms. The largest absolute Gasteiger partial charge is 0.465 e. The van der Waals surface area contributed by atoms with Crippen molar-refractivity contribution < 1.29 is 9.90 Å². The number of aromatic nitrogens is 5. The third kappa shape index (κ3) is 3.53. The van der Waals surface area contributed by atoms with Crippen molar-refractivity contribution in [2.45, 2.75) is 6.42 Å². The summed E-state index contributed by atoms with van der Waals surface area (Å²) in [4.78, 5) is 29.3. The number of pyridine rings is 1. The Labute approximate surface area is 194 Å². The molecule has 3 N–H and O–H groups in total. The molecule has 0 bridgehead atoms. The number of benzene rings is 1. The highest BCUT2D eigenvalue weighted by atomic mass is 16.4. The van der Waals surface area contributed by atoms with E-state index < -0.39 is 6.09 Å². The van der Waals surface area contributed by atoms with Gasteiger partial charge in [0.2, 0.25) is 0 Å². The van der Waals surface area contributed by atoms with Crippen molar-refractivity contribution in [3.63, 3.8) is 0 Å². The van der Waals surface area contributed by atoms with E-state index in [-0.39, 0.29) is 0 Å². The number of hydrogen-bond acceptors (Lipinski definition) is 5. The van der Waals surface area contributed by atoms with Gasteiger partial charge in [-0.3, -0.25) is 4.40 Å². The summed E-state index contributed by atoms with van der Waals surface area (Å²) in [6.07, 6.45) is 7.11. The summed E-state index contributed by atoms with van der Waals surface area (Å²) in [5.41, 5.74) is 6.57. The summed E-state index contributed by atoms with van der Waals surface area (Å²) in [5.74, 6) is 0.691. The van der Waals surface area contributed by atoms with Gasteiger partial charge in [-0.1, -0.05) is 36.4 Å². The summed E-state index contributed by atoms with van der Waals surface area (Å²) in [7, 11) is 0. The molecule has 5 heterocycles. The lowest BCUT2D eigenvalue weighted by Crippen LogP contribution is -2.33. The van der Waals surface area contributed by atoms with Gasteiger partial charge in [-0.15, -0.1) is 0 Å². The Morgan fingerprint density at radius 1 is 1.09 bits per heavy atom. The molecule has 1 amide bonds. The summed E-state index contributed by atoms with van der Waals surface area (Å²) in [5, 5.41) is 13.5. The lowest BCUT2D eigenvalue weighted by molar-refractivity contribution is 0.150. The SMILES string of the molecule is O=C(O)N1CC=C(c2cc3c(Nc4ccc5ncc(-c6ccccc6)n5c4)ncnc3[nH]2)CC1. The van der Waals surface area contributed by atoms with Gasteiger partial charge in [-0.2, -0.15) is 0 Å². The number of hydrogen-bond donors (Lipinski definition) is 3. The fourth-order valence-corrected chi connectivity index (χ4v) is 4.31. The van der Waals surface area contributed by atoms with E-state index >= 15 is 0 Å². The summed E-state index contributed by atoms with van der Waals surface area (Å²) < 4.78 is 2.06. The zero-order valence-corrected chi connectivity index (χ0v) is 18.1. The minimum Gasteiger partial charge on any atom is -0.465 e. The molecule has 168 valence electrons. The van der Waals surface area contributed by atoms with E-state index in [2.05, 4.69) is 41.8 Å². The molecule has 6 rings (SSSR count). The molecular weight excluding hydrogens is 430 g/mol. The number of fused-ring (bicyclic) bond motifs is 2. The Hall–Kier alpha value is -4.66. The minimum atomic E-state index is -0.894. The van der Waals surface area contributed by atoms with Crippen LogP contribution in [-0.2, 0) is 0 Å². The maximum Gasteiger partial charge on any atom is 0.407 e. The van der Waals surface area contributed by atoms with Crippen LogP contribution in [0.15, 0.2) is 73.3 Å². The van der Waals surface area contributed by atoms with E-state index in [1.807, 2.05) is 54.9 Å². The number of H-pyrrole nitrogens is 1. The first-order valence-electron chi connectivity index (χ1n) is 11.0. The van der Waals surface area contributed by atoms with Gasteiger partial charge in [-0.05, 0) is 30.2 Å². The summed E-state index contributed by atoms with van der Waals surface area (Å²) in [6.45, 7) is 0.855. The maximum absolute atomic E-state index is 11.2. The van der Waals surface area contributed by atoms with Crippen LogP contribution in [0.5, 0.6) is 0 Å². The van der Waals surface area contributed by atoms with Gasteiger partial charge >= 0.3 is 6.09 Å². The number of rotatable bonds is 4. The highest BCUT2D eigenvalue weighted by Crippen LogP contribution is 2.30. The molecule has 0 atom stereocenters. The second-order valence-electron chi connectivity index (χ2n) is 8.16. The number of nitrogens with one attached hydrogen (secondary N) is 2. The van der Waals surface area contributed by atoms with Gasteiger partial charge in [0.15, 0.2) is 0 Å². The van der Waals surface area contributed by atoms with Gasteiger partial charge in [0.25, 0.3) is 0 Å². The van der Waals surface area contributed by atoms with Crippen LogP contribution < -0.4 is 5.32 Å². The molecule has 1 aromatic carbocycles. The van der Waals surface area contributed by atoms with Crippen LogP contribution in [0.25, 0.3) is 33.5 Å². The first-order valence-corrected chi connectivity index (χ1v) is 11.0. The highest BCUT2D eigenvalue weighted by Gasteiger charge is 2.19. The Morgan fingerprint density at radius 3 is 2.76 bits per heavy atom. The fourth-order valence-electron chi connectivity index (χ4n) is 4.31. The first-order chi connectivity index (χ1) is 16.7. The van der Waals surface area contributed by atoms with Crippen molar-refractivity contribution in [2.24, 2.45) is 0 Å². The summed E-state index contributed by atoms with van der Waals surface area (Å²) in [6, 6.07) is 16.1. The molecule has 0 radical (unpaired) electrons. The topological polar surface area (TPSA) is 111 Å². The maximum atomic E-state index is 11.2. The van der Waals surface area contributed by atoms with Gasteiger partial charge in [0.05, 0.1) is 23.0 Å². The average Bonchev–Trinajstić information content (AvgIpc) is 3.49. The fraction of sp³-hybridized carbons (Fsp3) is 0.120. The molecule has 5 aromatic rings. The monoisotopic (exact) mass is 451 g/mol. The third-order valence-electron chi connectivity index (χ3n) is 6.09. The van der Waals surface area contributed by atoms with E-state index in [1.54, 1.807) is 0 Å². The van der Waals surface area contributed by atoms with Gasteiger partial charge in [0.1, 0.15) is 23.4 Å². The van der Waals surface area contributed by atoms with Crippen molar-refractivity contribution in [1.82, 2.24) is 29.2 Å². The van der Waals surface area contributed by atoms with Crippen LogP contribution in [0.1, 0.15) is 12.1 Å². The number of aromatic amines is 1. The van der Waals surface area contributed by atoms with Crippen molar-refractivity contribution in [3.8, 4) is 11.3 Å². The predicted octanol–water partition coefficient (Wildman–Crippen LogP) is 4.78. The smallest absolute Gasteiger partial charge is 0.407 e. The second-order valence-corrected chi connectivity index (χ2v) is 8.16. The normalized spacial score (nSPS) is 13.9. The number of nitrogens with zero attached hydrogens (tertiary/aromatic N) is 5. The van der Waals surface area contributed by atoms with Crippen LogP contribution in [0.2, 0.25) is 0 Å². The van der Waals surface area contributed by atoms with Crippen LogP contribution >= 0.6 is 0 Å². The zero-order chi connectivity index (χ0) is 23.1. The van der Waals surface area contributed by atoms with Crippen molar-refractivity contribution in [1.29, 1.82) is 0 Å². The van der Waals surface area contributed by atoms with Crippen LogP contribution in [-0.4, -0.2) is 53.5 Å². The highest BCUT2D eigenvalue weighted by molar-refractivity contribution is 5.92. The Morgan fingerprint density at radius 2 is 1.97 bits per heavy atom. The molecular formula is C25H21N7O2. The number of amides is 1. The Bertz CT molecular complexity index is 1550. The summed E-state index contributed by atoms with van der Waals surface area (Å²) >= 11 is 0. The molecule has 9 heteroatoms. The molecule has 0 spiro atoms. The number of carbonyl (C=O) groups is 1. The average molecular weight is 451 g/mol. The van der Waals surface area contributed by atoms with E-state index in [4.69, 9.17) is 0 Å². The quantitative estimate of drug-likeness (QED) is 0.362. The van der Waals surface area contributed by atoms with E-state index in [9.17, 15) is 9.90 Å². The molecule has 9 nitrogen and oxygen atoms in total. The van der Waals surface area contributed by atoms with Crippen LogP contribution in [0.4, 0.5) is 16.3 Å². The van der Waals surface area contributed by atoms with E-state index in [0.717, 1.165) is 44.9 Å². The molecule has 1 aliphatic heterocycles. The molecule has 0 aliphatic carbocycles. The van der Waals surface area contributed by atoms with Crippen molar-refractivity contribution in [3.05, 3.63) is 79.0 Å². The standard InChI is InChI=1S/C25H21N7O2/c33-25(34)31-10-8-16(9-11-31)20-12-19-23(27-15-28-24(19)30-20)29-18-6-7-22-26-13-21(32(22)14-18)17-4-2-1-3-5-17/h1-8,12-15H,9-11H2,(H,33,34)(H2,27,28,29,30). The van der Waals surface area contributed by atoms with Gasteiger partial charge in [-0.25, -0.2) is 19.7 Å². The van der Waals surface area contributed by atoms with Gasteiger partial charge in [0, 0.05) is 30.5 Å². The number of anilines is 2. The Kier molecular flexibility index (Phi) is 4.72. The third-order valence-corrected chi connectivity index (χ3v) is 6.09. The van der Waals surface area contributed by atoms with Crippen molar-refractivity contribution in [2.75, 3.05) is 18.4 Å². The molecule has 4 aromatic heterocycles. The minimum absolute atomic E-state index is 0.380. The molecule has 0 unspecified atom stereocenters. The Balaban J connectivity index is 1.33. The molecule has 1 aliphatic rings. The molecule has 0 saturated heterocycles. The molecule has 0 saturated carbocycles. The van der Waals surface area contributed by atoms with Crippen LogP contribution in [0, 0.1) is 0 Å². The predicted molar refractivity (Wildman–Crippen MR) is 130 cm³/mol. The van der Waals surface area contributed by atoms with Crippen molar-refractivity contribution >= 4 is 39.9 Å². The first kappa shape index (κ1) is 20.0. The number of imidazole rings is 1. The second kappa shape index (κ2) is 8.04. The zero-order valence-electron chi connectivity index (χ0n) is 18.1. The molecule has 0 fully saturated rings. The lowest BCUT2D eigenvalue weighted by atomic mass is 10.1.